The van der Waals surface area contributed by atoms with Gasteiger partial charge in [0, 0.05) is 27.7 Å². The lowest BCUT2D eigenvalue weighted by Gasteiger charge is -1.97. The second-order valence-corrected chi connectivity index (χ2v) is 5.29. The second-order valence-electron chi connectivity index (χ2n) is 4.00. The molecule has 0 aliphatic rings. The molecule has 3 heterocycles. The molecule has 0 aliphatic carbocycles. The molecule has 1 N–H and O–H groups in total. The minimum Gasteiger partial charge on any atom is -0.360 e. The first-order valence-corrected chi connectivity index (χ1v) is 6.06. The largest absolute Gasteiger partial charge is 0.360 e. The van der Waals surface area contributed by atoms with Crippen molar-refractivity contribution in [1.82, 2.24) is 9.97 Å². The molecule has 3 rings (SSSR count). The Morgan fingerprint density at radius 1 is 1.25 bits per heavy atom. The zero-order valence-corrected chi connectivity index (χ0v) is 10.1. The molecule has 0 aromatic carbocycles. The predicted octanol–water partition coefficient (Wildman–Crippen LogP) is 3.91. The van der Waals surface area contributed by atoms with Crippen molar-refractivity contribution < 1.29 is 0 Å². The zero-order valence-electron chi connectivity index (χ0n) is 9.24. The lowest BCUT2D eigenvalue weighted by atomic mass is 10.2. The summed E-state index contributed by atoms with van der Waals surface area (Å²) in [7, 11) is 0. The molecular weight excluding hydrogens is 216 g/mol. The number of hydrogen-bond acceptors (Lipinski definition) is 2. The summed E-state index contributed by atoms with van der Waals surface area (Å²) >= 11 is 1.80. The Morgan fingerprint density at radius 3 is 2.88 bits per heavy atom. The number of pyridine rings is 1. The van der Waals surface area contributed by atoms with Crippen LogP contribution in [0.1, 0.15) is 10.4 Å². The van der Waals surface area contributed by atoms with Crippen LogP contribution in [0.5, 0.6) is 0 Å². The van der Waals surface area contributed by atoms with E-state index < -0.39 is 0 Å². The van der Waals surface area contributed by atoms with Gasteiger partial charge in [0.05, 0.1) is 11.0 Å². The summed E-state index contributed by atoms with van der Waals surface area (Å²) in [6, 6.07) is 6.46. The number of thiophene rings is 1. The molecule has 3 aromatic rings. The van der Waals surface area contributed by atoms with Gasteiger partial charge in [0.15, 0.2) is 0 Å². The Morgan fingerprint density at radius 2 is 2.12 bits per heavy atom. The number of rotatable bonds is 1. The monoisotopic (exact) mass is 228 g/mol. The maximum Gasteiger partial charge on any atom is 0.0908 e. The highest BCUT2D eigenvalue weighted by molar-refractivity contribution is 7.15. The third-order valence-corrected chi connectivity index (χ3v) is 3.78. The average Bonchev–Trinajstić information content (AvgIpc) is 2.86. The van der Waals surface area contributed by atoms with E-state index in [0.29, 0.717) is 0 Å². The van der Waals surface area contributed by atoms with Gasteiger partial charge >= 0.3 is 0 Å². The van der Waals surface area contributed by atoms with Gasteiger partial charge in [-0.3, -0.25) is 4.98 Å². The molecule has 16 heavy (non-hydrogen) atoms. The van der Waals surface area contributed by atoms with E-state index in [1.807, 2.05) is 12.4 Å². The zero-order chi connectivity index (χ0) is 11.1. The molecule has 0 saturated heterocycles. The number of H-pyrrole nitrogens is 1. The SMILES string of the molecule is Cc1ccc(-c2cnc3c(C)c[nH]c3c2)s1. The lowest BCUT2D eigenvalue weighted by molar-refractivity contribution is 1.39. The first-order valence-electron chi connectivity index (χ1n) is 5.24. The van der Waals surface area contributed by atoms with Gasteiger partial charge < -0.3 is 4.98 Å². The van der Waals surface area contributed by atoms with E-state index in [1.165, 1.54) is 20.9 Å². The Kier molecular flexibility index (Phi) is 2.07. The van der Waals surface area contributed by atoms with Crippen molar-refractivity contribution in [2.45, 2.75) is 13.8 Å². The number of aromatic amines is 1. The fraction of sp³-hybridized carbons (Fsp3) is 0.154. The first-order chi connectivity index (χ1) is 7.74. The maximum atomic E-state index is 4.50. The van der Waals surface area contributed by atoms with E-state index >= 15 is 0 Å². The molecule has 3 heteroatoms. The fourth-order valence-electron chi connectivity index (χ4n) is 1.87. The average molecular weight is 228 g/mol. The Labute approximate surface area is 98.0 Å². The molecule has 0 spiro atoms. The number of aryl methyl sites for hydroxylation is 2. The van der Waals surface area contributed by atoms with Crippen molar-refractivity contribution >= 4 is 22.4 Å². The highest BCUT2D eigenvalue weighted by Gasteiger charge is 2.05. The quantitative estimate of drug-likeness (QED) is 0.672. The second kappa shape index (κ2) is 3.46. The topological polar surface area (TPSA) is 28.7 Å². The van der Waals surface area contributed by atoms with Crippen molar-refractivity contribution in [3.05, 3.63) is 41.0 Å². The van der Waals surface area contributed by atoms with Gasteiger partial charge in [0.25, 0.3) is 0 Å². The van der Waals surface area contributed by atoms with Crippen LogP contribution in [0.15, 0.2) is 30.6 Å². The number of hydrogen-bond donors (Lipinski definition) is 1. The normalized spacial score (nSPS) is 11.1. The highest BCUT2D eigenvalue weighted by Crippen LogP contribution is 2.29. The van der Waals surface area contributed by atoms with Crippen LogP contribution in [-0.4, -0.2) is 9.97 Å². The standard InChI is InChI=1S/C13H12N2S/c1-8-6-14-11-5-10(7-15-13(8)11)12-4-3-9(2)16-12/h3-7,14H,1-2H3. The molecular formula is C13H12N2S. The highest BCUT2D eigenvalue weighted by atomic mass is 32.1. The summed E-state index contributed by atoms with van der Waals surface area (Å²) in [5, 5.41) is 0. The molecule has 3 aromatic heterocycles. The van der Waals surface area contributed by atoms with Crippen LogP contribution in [-0.2, 0) is 0 Å². The van der Waals surface area contributed by atoms with Gasteiger partial charge in [0.1, 0.15) is 0 Å². The van der Waals surface area contributed by atoms with Crippen LogP contribution in [0.3, 0.4) is 0 Å². The molecule has 0 unspecified atom stereocenters. The van der Waals surface area contributed by atoms with Crippen molar-refractivity contribution in [2.24, 2.45) is 0 Å². The minimum absolute atomic E-state index is 1.07. The van der Waals surface area contributed by atoms with Gasteiger partial charge in [0.2, 0.25) is 0 Å². The number of nitrogens with zero attached hydrogens (tertiary/aromatic N) is 1. The summed E-state index contributed by atoms with van der Waals surface area (Å²) in [5.41, 5.74) is 4.56. The molecule has 2 nitrogen and oxygen atoms in total. The Bertz CT molecular complexity index is 649. The third-order valence-electron chi connectivity index (χ3n) is 2.73. The van der Waals surface area contributed by atoms with E-state index in [-0.39, 0.29) is 0 Å². The van der Waals surface area contributed by atoms with Crippen LogP contribution in [0.4, 0.5) is 0 Å². The number of aromatic nitrogens is 2. The summed E-state index contributed by atoms with van der Waals surface area (Å²) in [4.78, 5) is 10.4. The fourth-order valence-corrected chi connectivity index (χ4v) is 2.72. The number of nitrogens with one attached hydrogen (secondary N) is 1. The predicted molar refractivity (Wildman–Crippen MR) is 68.9 cm³/mol. The Hall–Kier alpha value is -1.61. The molecule has 0 atom stereocenters. The maximum absolute atomic E-state index is 4.50. The molecule has 0 radical (unpaired) electrons. The van der Waals surface area contributed by atoms with E-state index in [4.69, 9.17) is 0 Å². The van der Waals surface area contributed by atoms with E-state index in [9.17, 15) is 0 Å². The first kappa shape index (κ1) is 9.60. The van der Waals surface area contributed by atoms with Crippen LogP contribution in [0, 0.1) is 13.8 Å². The molecule has 0 saturated carbocycles. The summed E-state index contributed by atoms with van der Waals surface area (Å²) in [5.74, 6) is 0. The van der Waals surface area contributed by atoms with Crippen LogP contribution in [0.25, 0.3) is 21.5 Å². The number of fused-ring (bicyclic) bond motifs is 1. The lowest BCUT2D eigenvalue weighted by Crippen LogP contribution is -1.79. The molecule has 0 aliphatic heterocycles. The van der Waals surface area contributed by atoms with Gasteiger partial charge in [-0.25, -0.2) is 0 Å². The molecule has 0 amide bonds. The van der Waals surface area contributed by atoms with E-state index in [2.05, 4.69) is 42.0 Å². The van der Waals surface area contributed by atoms with Gasteiger partial charge in [-0.05, 0) is 37.6 Å². The van der Waals surface area contributed by atoms with Crippen LogP contribution in [0.2, 0.25) is 0 Å². The molecule has 0 bridgehead atoms. The smallest absolute Gasteiger partial charge is 0.0908 e. The van der Waals surface area contributed by atoms with Crippen molar-refractivity contribution in [3.63, 3.8) is 0 Å². The van der Waals surface area contributed by atoms with E-state index in [0.717, 1.165) is 11.0 Å². The van der Waals surface area contributed by atoms with E-state index in [1.54, 1.807) is 11.3 Å². The summed E-state index contributed by atoms with van der Waals surface area (Å²) < 4.78 is 0. The van der Waals surface area contributed by atoms with Crippen LogP contribution < -0.4 is 0 Å². The Balaban J connectivity index is 2.18. The van der Waals surface area contributed by atoms with Crippen molar-refractivity contribution in [3.8, 4) is 10.4 Å². The summed E-state index contributed by atoms with van der Waals surface area (Å²) in [6.07, 6.45) is 3.95. The molecule has 80 valence electrons. The van der Waals surface area contributed by atoms with Gasteiger partial charge in [-0.1, -0.05) is 0 Å². The summed E-state index contributed by atoms with van der Waals surface area (Å²) in [6.45, 7) is 4.19. The van der Waals surface area contributed by atoms with Gasteiger partial charge in [-0.2, -0.15) is 0 Å². The van der Waals surface area contributed by atoms with Crippen molar-refractivity contribution in [2.75, 3.05) is 0 Å². The minimum atomic E-state index is 1.07. The van der Waals surface area contributed by atoms with Crippen molar-refractivity contribution in [1.29, 1.82) is 0 Å². The molecule has 0 fully saturated rings. The van der Waals surface area contributed by atoms with Gasteiger partial charge in [-0.15, -0.1) is 11.3 Å². The van der Waals surface area contributed by atoms with Crippen LogP contribution >= 0.6 is 11.3 Å². The third kappa shape index (κ3) is 1.44.